The first-order valence-electron chi connectivity index (χ1n) is 8.77. The molecule has 0 aromatic heterocycles. The monoisotopic (exact) mass is 367 g/mol. The number of nitrogens with zero attached hydrogens (tertiary/aromatic N) is 1. The number of hydrogen-bond acceptors (Lipinski definition) is 4. The Morgan fingerprint density at radius 1 is 1.15 bits per heavy atom. The van der Waals surface area contributed by atoms with Crippen molar-refractivity contribution in [2.45, 2.75) is 32.4 Å². The number of benzene rings is 2. The van der Waals surface area contributed by atoms with Crippen molar-refractivity contribution in [1.82, 2.24) is 4.90 Å². The Bertz CT molecular complexity index is 892. The Labute approximate surface area is 157 Å². The quantitative estimate of drug-likeness (QED) is 0.822. The van der Waals surface area contributed by atoms with E-state index in [4.69, 9.17) is 4.74 Å². The number of ketones is 1. The normalized spacial score (nSPS) is 17.0. The summed E-state index contributed by atoms with van der Waals surface area (Å²) in [4.78, 5) is 37.6. The lowest BCUT2D eigenvalue weighted by atomic mass is 9.92. The fourth-order valence-electron chi connectivity index (χ4n) is 3.35. The van der Waals surface area contributed by atoms with Gasteiger partial charge in [-0.15, -0.1) is 0 Å². The standard InChI is InChI=1S/C21H21NO5/c1-13(23)16-7-5-8-17(12-16)27-14(2)20(24)22-11-10-15-6-3-4-9-18(15)19(22)21(25)26/h3-9,12,14,19H,10-11H2,1-2H3,(H,25,26). The first-order chi connectivity index (χ1) is 12.9. The molecular weight excluding hydrogens is 346 g/mol. The van der Waals surface area contributed by atoms with Crippen molar-refractivity contribution in [3.05, 3.63) is 65.2 Å². The summed E-state index contributed by atoms with van der Waals surface area (Å²) in [5, 5.41) is 9.70. The number of rotatable bonds is 5. The van der Waals surface area contributed by atoms with Gasteiger partial charge in [0.2, 0.25) is 0 Å². The first-order valence-corrected chi connectivity index (χ1v) is 8.77. The van der Waals surface area contributed by atoms with Gasteiger partial charge in [0.25, 0.3) is 5.91 Å². The molecule has 6 heteroatoms. The van der Waals surface area contributed by atoms with E-state index in [1.807, 2.05) is 12.1 Å². The van der Waals surface area contributed by atoms with Gasteiger partial charge in [0.1, 0.15) is 5.75 Å². The van der Waals surface area contributed by atoms with Gasteiger partial charge in [-0.3, -0.25) is 9.59 Å². The molecule has 0 aliphatic carbocycles. The topological polar surface area (TPSA) is 83.9 Å². The van der Waals surface area contributed by atoms with Gasteiger partial charge in [0.05, 0.1) is 0 Å². The number of carbonyl (C=O) groups is 3. The molecule has 0 saturated carbocycles. The Balaban J connectivity index is 1.81. The van der Waals surface area contributed by atoms with Crippen molar-refractivity contribution in [3.63, 3.8) is 0 Å². The minimum Gasteiger partial charge on any atom is -0.481 e. The van der Waals surface area contributed by atoms with Crippen LogP contribution in [0, 0.1) is 0 Å². The van der Waals surface area contributed by atoms with Gasteiger partial charge in [-0.25, -0.2) is 4.79 Å². The Kier molecular flexibility index (Phi) is 5.26. The second-order valence-corrected chi connectivity index (χ2v) is 6.57. The van der Waals surface area contributed by atoms with Crippen LogP contribution in [0.1, 0.15) is 41.4 Å². The molecule has 0 saturated heterocycles. The molecule has 0 bridgehead atoms. The summed E-state index contributed by atoms with van der Waals surface area (Å²) in [6.45, 7) is 3.35. The van der Waals surface area contributed by atoms with E-state index in [1.165, 1.54) is 11.8 Å². The number of hydrogen-bond donors (Lipinski definition) is 1. The second-order valence-electron chi connectivity index (χ2n) is 6.57. The zero-order valence-corrected chi connectivity index (χ0v) is 15.2. The maximum atomic E-state index is 12.9. The van der Waals surface area contributed by atoms with Crippen LogP contribution in [0.5, 0.6) is 5.75 Å². The summed E-state index contributed by atoms with van der Waals surface area (Å²) >= 11 is 0. The van der Waals surface area contributed by atoms with Crippen molar-refractivity contribution in [1.29, 1.82) is 0 Å². The molecule has 27 heavy (non-hydrogen) atoms. The highest BCUT2D eigenvalue weighted by Crippen LogP contribution is 2.31. The van der Waals surface area contributed by atoms with Crippen LogP contribution in [-0.2, 0) is 16.0 Å². The Morgan fingerprint density at radius 3 is 2.59 bits per heavy atom. The summed E-state index contributed by atoms with van der Waals surface area (Å²) in [5.74, 6) is -1.17. The van der Waals surface area contributed by atoms with E-state index in [2.05, 4.69) is 0 Å². The molecule has 6 nitrogen and oxygen atoms in total. The van der Waals surface area contributed by atoms with Gasteiger partial charge >= 0.3 is 5.97 Å². The molecule has 1 heterocycles. The minimum absolute atomic E-state index is 0.0991. The molecule has 1 amide bonds. The third kappa shape index (κ3) is 3.84. The molecule has 2 aromatic rings. The van der Waals surface area contributed by atoms with Crippen LogP contribution in [-0.4, -0.2) is 40.3 Å². The maximum absolute atomic E-state index is 12.9. The smallest absolute Gasteiger partial charge is 0.331 e. The van der Waals surface area contributed by atoms with Crippen LogP contribution >= 0.6 is 0 Å². The van der Waals surface area contributed by atoms with E-state index in [-0.39, 0.29) is 5.78 Å². The van der Waals surface area contributed by atoms with Crippen LogP contribution < -0.4 is 4.74 Å². The predicted molar refractivity (Wildman–Crippen MR) is 98.8 cm³/mol. The molecule has 0 radical (unpaired) electrons. The van der Waals surface area contributed by atoms with Crippen molar-refractivity contribution >= 4 is 17.7 Å². The highest BCUT2D eigenvalue weighted by atomic mass is 16.5. The summed E-state index contributed by atoms with van der Waals surface area (Å²) in [6.07, 6.45) is -0.280. The molecule has 0 fully saturated rings. The van der Waals surface area contributed by atoms with E-state index in [0.717, 1.165) is 5.56 Å². The van der Waals surface area contributed by atoms with E-state index >= 15 is 0 Å². The Hall–Kier alpha value is -3.15. The molecule has 1 N–H and O–H groups in total. The van der Waals surface area contributed by atoms with Gasteiger partial charge in [0, 0.05) is 12.1 Å². The highest BCUT2D eigenvalue weighted by molar-refractivity contribution is 5.94. The summed E-state index contributed by atoms with van der Waals surface area (Å²) in [6, 6.07) is 12.8. The summed E-state index contributed by atoms with van der Waals surface area (Å²) < 4.78 is 5.70. The number of fused-ring (bicyclic) bond motifs is 1. The van der Waals surface area contributed by atoms with Crippen molar-refractivity contribution in [2.24, 2.45) is 0 Å². The van der Waals surface area contributed by atoms with Crippen LogP contribution in [0.25, 0.3) is 0 Å². The molecular formula is C21H21NO5. The lowest BCUT2D eigenvalue weighted by Crippen LogP contribution is -2.48. The van der Waals surface area contributed by atoms with Crippen molar-refractivity contribution < 1.29 is 24.2 Å². The van der Waals surface area contributed by atoms with Crippen LogP contribution in [0.2, 0.25) is 0 Å². The van der Waals surface area contributed by atoms with Crippen molar-refractivity contribution in [3.8, 4) is 5.75 Å². The SMILES string of the molecule is CC(=O)c1cccc(OC(C)C(=O)N2CCc3ccccc3C2C(=O)O)c1. The van der Waals surface area contributed by atoms with Crippen LogP contribution in [0.4, 0.5) is 0 Å². The number of aliphatic carboxylic acids is 1. The third-order valence-corrected chi connectivity index (χ3v) is 4.70. The average molecular weight is 367 g/mol. The minimum atomic E-state index is -1.07. The fraction of sp³-hybridized carbons (Fsp3) is 0.286. The molecule has 3 rings (SSSR count). The molecule has 140 valence electrons. The van der Waals surface area contributed by atoms with E-state index in [1.54, 1.807) is 43.3 Å². The largest absolute Gasteiger partial charge is 0.481 e. The molecule has 0 spiro atoms. The molecule has 2 atom stereocenters. The van der Waals surface area contributed by atoms with Gasteiger partial charge in [0.15, 0.2) is 17.9 Å². The first kappa shape index (κ1) is 18.6. The fourth-order valence-corrected chi connectivity index (χ4v) is 3.35. The number of carboxylic acid groups (broad SMARTS) is 1. The average Bonchev–Trinajstić information content (AvgIpc) is 2.66. The zero-order chi connectivity index (χ0) is 19.6. The van der Waals surface area contributed by atoms with Gasteiger partial charge in [-0.1, -0.05) is 36.4 Å². The number of ether oxygens (including phenoxy) is 1. The number of carbonyl (C=O) groups excluding carboxylic acids is 2. The lowest BCUT2D eigenvalue weighted by Gasteiger charge is -2.36. The van der Waals surface area contributed by atoms with E-state index < -0.39 is 24.0 Å². The highest BCUT2D eigenvalue weighted by Gasteiger charge is 2.37. The molecule has 1 aliphatic rings. The maximum Gasteiger partial charge on any atom is 0.331 e. The van der Waals surface area contributed by atoms with Gasteiger partial charge < -0.3 is 14.7 Å². The number of Topliss-reactive ketones (excluding diaryl/α,β-unsaturated/α-hetero) is 1. The molecule has 2 unspecified atom stereocenters. The second kappa shape index (κ2) is 7.61. The van der Waals surface area contributed by atoms with E-state index in [9.17, 15) is 19.5 Å². The van der Waals surface area contributed by atoms with Gasteiger partial charge in [-0.2, -0.15) is 0 Å². The van der Waals surface area contributed by atoms with E-state index in [0.29, 0.717) is 29.8 Å². The number of carboxylic acids is 1. The zero-order valence-electron chi connectivity index (χ0n) is 15.2. The molecule has 1 aliphatic heterocycles. The Morgan fingerprint density at radius 2 is 1.89 bits per heavy atom. The van der Waals surface area contributed by atoms with Gasteiger partial charge in [-0.05, 0) is 43.5 Å². The summed E-state index contributed by atoms with van der Waals surface area (Å²) in [7, 11) is 0. The number of amides is 1. The van der Waals surface area contributed by atoms with Crippen LogP contribution in [0.15, 0.2) is 48.5 Å². The van der Waals surface area contributed by atoms with Crippen LogP contribution in [0.3, 0.4) is 0 Å². The molecule has 2 aromatic carbocycles. The lowest BCUT2D eigenvalue weighted by molar-refractivity contribution is -0.154. The predicted octanol–water partition coefficient (Wildman–Crippen LogP) is 2.87. The third-order valence-electron chi connectivity index (χ3n) is 4.70. The summed E-state index contributed by atoms with van der Waals surface area (Å²) in [5.41, 5.74) is 2.06. The van der Waals surface area contributed by atoms with Crippen molar-refractivity contribution in [2.75, 3.05) is 6.54 Å².